The Morgan fingerprint density at radius 3 is 2.65 bits per heavy atom. The van der Waals surface area contributed by atoms with Gasteiger partial charge in [0.05, 0.1) is 30.5 Å². The number of rotatable bonds is 5. The molecule has 2 aliphatic heterocycles. The van der Waals surface area contributed by atoms with Gasteiger partial charge < -0.3 is 19.5 Å². The summed E-state index contributed by atoms with van der Waals surface area (Å²) < 4.78 is 35.9. The van der Waals surface area contributed by atoms with Crippen LogP contribution in [-0.4, -0.2) is 40.5 Å². The first-order valence-electron chi connectivity index (χ1n) is 10.8. The predicted octanol–water partition coefficient (Wildman–Crippen LogP) is 3.80. The highest BCUT2D eigenvalue weighted by Crippen LogP contribution is 2.28. The highest BCUT2D eigenvalue weighted by atomic mass is 19.1. The lowest BCUT2D eigenvalue weighted by atomic mass is 10.0. The topological polar surface area (TPSA) is 63.6 Å². The molecule has 2 amide bonds. The fourth-order valence-electron chi connectivity index (χ4n) is 4.54. The van der Waals surface area contributed by atoms with Crippen LogP contribution in [0.4, 0.5) is 8.78 Å². The number of ether oxygens (including phenoxy) is 1. The van der Waals surface area contributed by atoms with E-state index in [2.05, 4.69) is 5.32 Å². The molecule has 166 valence electrons. The second kappa shape index (κ2) is 8.78. The summed E-state index contributed by atoms with van der Waals surface area (Å²) in [5.41, 5.74) is 1.22. The van der Waals surface area contributed by atoms with Crippen LogP contribution in [-0.2, 0) is 17.9 Å². The van der Waals surface area contributed by atoms with Gasteiger partial charge in [0.2, 0.25) is 0 Å². The average molecular weight is 431 g/mol. The van der Waals surface area contributed by atoms with Gasteiger partial charge in [-0.3, -0.25) is 9.59 Å². The summed E-state index contributed by atoms with van der Waals surface area (Å²) in [4.78, 5) is 28.2. The van der Waals surface area contributed by atoms with E-state index >= 15 is 0 Å². The number of halogens is 2. The molecule has 8 heteroatoms. The minimum absolute atomic E-state index is 0.0978. The molecule has 0 bridgehead atoms. The lowest BCUT2D eigenvalue weighted by Gasteiger charge is -2.24. The van der Waals surface area contributed by atoms with E-state index in [-0.39, 0.29) is 24.1 Å². The van der Waals surface area contributed by atoms with Crippen molar-refractivity contribution in [1.82, 2.24) is 14.8 Å². The van der Waals surface area contributed by atoms with Crippen LogP contribution in [0.5, 0.6) is 0 Å². The Balaban J connectivity index is 1.65. The standard InChI is InChI=1S/C23H27F2N3O3/c1-3-18(21-16(24)7-4-8-17(21)25)26-22(29)15-12-19(28-10-11-31-13-20(15)28)23(30)27-9-5-6-14(27)2/h4,7-8,12,14,18H,3,5-6,9-11,13H2,1-2H3,(H,26,29)/t14-,18+/m0/s1. The fourth-order valence-corrected chi connectivity index (χ4v) is 4.54. The van der Waals surface area contributed by atoms with Crippen molar-refractivity contribution in [1.29, 1.82) is 0 Å². The highest BCUT2D eigenvalue weighted by molar-refractivity contribution is 6.01. The maximum Gasteiger partial charge on any atom is 0.270 e. The van der Waals surface area contributed by atoms with E-state index in [4.69, 9.17) is 4.74 Å². The summed E-state index contributed by atoms with van der Waals surface area (Å²) in [7, 11) is 0. The van der Waals surface area contributed by atoms with Gasteiger partial charge in [-0.1, -0.05) is 13.0 Å². The molecule has 2 aromatic rings. The van der Waals surface area contributed by atoms with E-state index in [9.17, 15) is 18.4 Å². The maximum absolute atomic E-state index is 14.3. The molecule has 1 fully saturated rings. The van der Waals surface area contributed by atoms with Crippen molar-refractivity contribution in [2.75, 3.05) is 13.2 Å². The summed E-state index contributed by atoms with van der Waals surface area (Å²) in [5.74, 6) is -1.97. The van der Waals surface area contributed by atoms with Crippen molar-refractivity contribution in [3.63, 3.8) is 0 Å². The molecule has 2 aliphatic rings. The van der Waals surface area contributed by atoms with Gasteiger partial charge in [0.1, 0.15) is 17.3 Å². The SMILES string of the molecule is CC[C@@H](NC(=O)c1cc(C(=O)N2CCC[C@@H]2C)n2c1COCC2)c1c(F)cccc1F. The summed E-state index contributed by atoms with van der Waals surface area (Å²) in [6.07, 6.45) is 2.23. The number of nitrogens with one attached hydrogen (secondary N) is 1. The molecule has 6 nitrogen and oxygen atoms in total. The third-order valence-corrected chi connectivity index (χ3v) is 6.25. The summed E-state index contributed by atoms with van der Waals surface area (Å²) in [5, 5.41) is 2.75. The van der Waals surface area contributed by atoms with Crippen LogP contribution in [0.25, 0.3) is 0 Å². The Kier molecular flexibility index (Phi) is 6.09. The number of hydrogen-bond acceptors (Lipinski definition) is 3. The van der Waals surface area contributed by atoms with E-state index < -0.39 is 23.6 Å². The van der Waals surface area contributed by atoms with Gasteiger partial charge in [-0.15, -0.1) is 0 Å². The average Bonchev–Trinajstić information content (AvgIpc) is 3.36. The number of carbonyl (C=O) groups is 2. The zero-order valence-corrected chi connectivity index (χ0v) is 17.8. The number of aromatic nitrogens is 1. The van der Waals surface area contributed by atoms with Gasteiger partial charge in [0, 0.05) is 24.7 Å². The quantitative estimate of drug-likeness (QED) is 0.783. The van der Waals surface area contributed by atoms with Gasteiger partial charge in [0.25, 0.3) is 11.8 Å². The summed E-state index contributed by atoms with van der Waals surface area (Å²) in [6, 6.07) is 4.57. The lowest BCUT2D eigenvalue weighted by Crippen LogP contribution is -2.35. The van der Waals surface area contributed by atoms with Gasteiger partial charge in [-0.2, -0.15) is 0 Å². The van der Waals surface area contributed by atoms with Crippen molar-refractivity contribution in [3.8, 4) is 0 Å². The monoisotopic (exact) mass is 431 g/mol. The Bertz CT molecular complexity index is 984. The Morgan fingerprint density at radius 2 is 2.00 bits per heavy atom. The largest absolute Gasteiger partial charge is 0.373 e. The minimum atomic E-state index is -0.827. The predicted molar refractivity (Wildman–Crippen MR) is 111 cm³/mol. The molecule has 31 heavy (non-hydrogen) atoms. The molecular weight excluding hydrogens is 404 g/mol. The number of fused-ring (bicyclic) bond motifs is 1. The van der Waals surface area contributed by atoms with Crippen molar-refractivity contribution in [2.45, 2.75) is 58.3 Å². The Morgan fingerprint density at radius 1 is 1.26 bits per heavy atom. The van der Waals surface area contributed by atoms with Crippen molar-refractivity contribution >= 4 is 11.8 Å². The number of nitrogens with zero attached hydrogens (tertiary/aromatic N) is 2. The van der Waals surface area contributed by atoms with Crippen molar-refractivity contribution in [3.05, 3.63) is 58.4 Å². The number of likely N-dealkylation sites (tertiary alicyclic amines) is 1. The Labute approximate surface area is 180 Å². The molecule has 1 saturated heterocycles. The van der Waals surface area contributed by atoms with Crippen LogP contribution in [0.15, 0.2) is 24.3 Å². The number of carbonyl (C=O) groups excluding carboxylic acids is 2. The third-order valence-electron chi connectivity index (χ3n) is 6.25. The van der Waals surface area contributed by atoms with Crippen LogP contribution >= 0.6 is 0 Å². The van der Waals surface area contributed by atoms with E-state index in [1.54, 1.807) is 13.0 Å². The second-order valence-corrected chi connectivity index (χ2v) is 8.15. The first kappa shape index (κ1) is 21.5. The van der Waals surface area contributed by atoms with Crippen molar-refractivity contribution in [2.24, 2.45) is 0 Å². The fraction of sp³-hybridized carbons (Fsp3) is 0.478. The molecule has 3 heterocycles. The molecule has 1 N–H and O–H groups in total. The van der Waals surface area contributed by atoms with Crippen LogP contribution in [0, 0.1) is 11.6 Å². The van der Waals surface area contributed by atoms with E-state index in [0.717, 1.165) is 12.8 Å². The molecule has 0 radical (unpaired) electrons. The van der Waals surface area contributed by atoms with Crippen LogP contribution in [0.2, 0.25) is 0 Å². The van der Waals surface area contributed by atoms with Gasteiger partial charge >= 0.3 is 0 Å². The molecule has 4 rings (SSSR count). The van der Waals surface area contributed by atoms with Crippen LogP contribution in [0.1, 0.15) is 71.3 Å². The molecule has 0 aliphatic carbocycles. The Hall–Kier alpha value is -2.74. The first-order chi connectivity index (χ1) is 14.9. The van der Waals surface area contributed by atoms with E-state index in [1.807, 2.05) is 16.4 Å². The van der Waals surface area contributed by atoms with Crippen LogP contribution in [0.3, 0.4) is 0 Å². The molecule has 0 unspecified atom stereocenters. The van der Waals surface area contributed by atoms with E-state index in [0.29, 0.717) is 43.1 Å². The number of benzene rings is 1. The van der Waals surface area contributed by atoms with Crippen molar-refractivity contribution < 1.29 is 23.1 Å². The number of hydrogen-bond donors (Lipinski definition) is 1. The molecule has 1 aromatic heterocycles. The molecular formula is C23H27F2N3O3. The van der Waals surface area contributed by atoms with E-state index in [1.165, 1.54) is 18.2 Å². The van der Waals surface area contributed by atoms with Gasteiger partial charge in [-0.25, -0.2) is 8.78 Å². The smallest absolute Gasteiger partial charge is 0.270 e. The molecule has 2 atom stereocenters. The maximum atomic E-state index is 14.3. The van der Waals surface area contributed by atoms with Gasteiger partial charge in [0.15, 0.2) is 0 Å². The third kappa shape index (κ3) is 3.96. The summed E-state index contributed by atoms with van der Waals surface area (Å²) >= 11 is 0. The molecule has 0 saturated carbocycles. The first-order valence-corrected chi connectivity index (χ1v) is 10.8. The normalized spacial score (nSPS) is 19.2. The zero-order chi connectivity index (χ0) is 22.1. The minimum Gasteiger partial charge on any atom is -0.373 e. The second-order valence-electron chi connectivity index (χ2n) is 8.15. The lowest BCUT2D eigenvalue weighted by molar-refractivity contribution is 0.0683. The summed E-state index contributed by atoms with van der Waals surface area (Å²) in [6.45, 7) is 5.61. The zero-order valence-electron chi connectivity index (χ0n) is 17.8. The number of amides is 2. The molecule has 1 aromatic carbocycles. The van der Waals surface area contributed by atoms with Crippen LogP contribution < -0.4 is 5.32 Å². The van der Waals surface area contributed by atoms with Gasteiger partial charge in [-0.05, 0) is 44.4 Å². The highest BCUT2D eigenvalue weighted by Gasteiger charge is 2.32. The molecule has 0 spiro atoms.